The highest BCUT2D eigenvalue weighted by molar-refractivity contribution is 6.30. The van der Waals surface area contributed by atoms with Crippen LogP contribution in [-0.2, 0) is 18.6 Å². The van der Waals surface area contributed by atoms with Gasteiger partial charge in [-0.15, -0.1) is 5.10 Å². The minimum absolute atomic E-state index is 0.175. The summed E-state index contributed by atoms with van der Waals surface area (Å²) in [4.78, 5) is 19.2. The predicted octanol–water partition coefficient (Wildman–Crippen LogP) is 6.31. The molecule has 0 bridgehead atoms. The van der Waals surface area contributed by atoms with Crippen molar-refractivity contribution in [1.82, 2.24) is 30.1 Å². The van der Waals surface area contributed by atoms with E-state index in [2.05, 4.69) is 52.2 Å². The molecule has 0 unspecified atom stereocenters. The van der Waals surface area contributed by atoms with Gasteiger partial charge in [0.05, 0.1) is 23.9 Å². The van der Waals surface area contributed by atoms with Crippen molar-refractivity contribution in [2.75, 3.05) is 0 Å². The van der Waals surface area contributed by atoms with Crippen LogP contribution in [0, 0.1) is 13.8 Å². The van der Waals surface area contributed by atoms with E-state index in [0.29, 0.717) is 29.5 Å². The van der Waals surface area contributed by atoms with E-state index < -0.39 is 6.04 Å². The van der Waals surface area contributed by atoms with Gasteiger partial charge in [-0.2, -0.15) is 0 Å². The van der Waals surface area contributed by atoms with E-state index >= 15 is 0 Å². The van der Waals surface area contributed by atoms with Crippen LogP contribution in [-0.4, -0.2) is 30.1 Å². The van der Waals surface area contributed by atoms with Gasteiger partial charge in [0.2, 0.25) is 0 Å². The maximum Gasteiger partial charge on any atom is 0.253 e. The van der Waals surface area contributed by atoms with Crippen molar-refractivity contribution in [1.29, 1.82) is 0 Å². The van der Waals surface area contributed by atoms with Gasteiger partial charge in [0.1, 0.15) is 11.8 Å². The number of rotatable bonds is 9. The lowest BCUT2D eigenvalue weighted by molar-refractivity contribution is 0.168. The molecule has 0 radical (unpaired) electrons. The third-order valence-electron chi connectivity index (χ3n) is 7.65. The van der Waals surface area contributed by atoms with Crippen molar-refractivity contribution in [2.45, 2.75) is 65.7 Å². The maximum absolute atomic E-state index is 13.9. The van der Waals surface area contributed by atoms with Crippen LogP contribution in [0.2, 0.25) is 5.02 Å². The second-order valence-electron chi connectivity index (χ2n) is 10.7. The number of aryl methyl sites for hydroxylation is 2. The molecule has 0 saturated carbocycles. The molecule has 8 nitrogen and oxygen atoms in total. The molecule has 0 aliphatic rings. The Morgan fingerprint density at radius 1 is 1.10 bits per heavy atom. The lowest BCUT2D eigenvalue weighted by atomic mass is 9.97. The zero-order valence-electron chi connectivity index (χ0n) is 22.9. The number of aromatic amines is 1. The molecule has 0 spiro atoms. The van der Waals surface area contributed by atoms with E-state index in [-0.39, 0.29) is 11.1 Å². The number of tetrazole rings is 1. The number of pyridine rings is 1. The van der Waals surface area contributed by atoms with Gasteiger partial charge in [0.25, 0.3) is 5.56 Å². The Labute approximate surface area is 232 Å². The molecule has 202 valence electrons. The summed E-state index contributed by atoms with van der Waals surface area (Å²) in [6, 6.07) is 17.0. The number of halogens is 1. The molecule has 0 aliphatic heterocycles. The molecule has 1 N–H and O–H groups in total. The molecule has 0 aliphatic carbocycles. The number of furan rings is 1. The summed E-state index contributed by atoms with van der Waals surface area (Å²) in [6.45, 7) is 11.3. The zero-order valence-corrected chi connectivity index (χ0v) is 23.7. The minimum Gasteiger partial charge on any atom is -0.468 e. The fourth-order valence-electron chi connectivity index (χ4n) is 4.85. The van der Waals surface area contributed by atoms with Gasteiger partial charge in [-0.05, 0) is 97.0 Å². The molecule has 0 saturated heterocycles. The average Bonchev–Trinajstić information content (AvgIpc) is 3.62. The fraction of sp³-hybridized carbons (Fsp3) is 0.333. The third kappa shape index (κ3) is 5.40. The molecule has 1 atom stereocenters. The van der Waals surface area contributed by atoms with Crippen molar-refractivity contribution in [3.8, 4) is 0 Å². The van der Waals surface area contributed by atoms with Crippen LogP contribution in [0.3, 0.4) is 0 Å². The van der Waals surface area contributed by atoms with E-state index in [1.165, 1.54) is 0 Å². The van der Waals surface area contributed by atoms with Crippen LogP contribution in [0.25, 0.3) is 10.9 Å². The van der Waals surface area contributed by atoms with Crippen LogP contribution in [0.15, 0.2) is 70.1 Å². The quantitative estimate of drug-likeness (QED) is 0.233. The number of nitrogens with zero attached hydrogens (tertiary/aromatic N) is 5. The molecule has 5 rings (SSSR count). The molecular formula is C30H33ClN6O2. The van der Waals surface area contributed by atoms with Crippen molar-refractivity contribution in [2.24, 2.45) is 0 Å². The summed E-state index contributed by atoms with van der Waals surface area (Å²) < 4.78 is 7.61. The van der Waals surface area contributed by atoms with Crippen LogP contribution >= 0.6 is 11.6 Å². The van der Waals surface area contributed by atoms with Crippen LogP contribution in [0.1, 0.15) is 67.1 Å². The molecule has 3 aromatic heterocycles. The van der Waals surface area contributed by atoms with Crippen LogP contribution < -0.4 is 5.56 Å². The van der Waals surface area contributed by atoms with E-state index in [1.54, 1.807) is 6.26 Å². The number of hydrogen-bond donors (Lipinski definition) is 1. The zero-order chi connectivity index (χ0) is 27.7. The Kier molecular flexibility index (Phi) is 7.42. The number of nitrogens with one attached hydrogen (secondary N) is 1. The van der Waals surface area contributed by atoms with Crippen molar-refractivity contribution < 1.29 is 4.42 Å². The highest BCUT2D eigenvalue weighted by Crippen LogP contribution is 2.33. The summed E-state index contributed by atoms with van der Waals surface area (Å²) >= 11 is 6.19. The normalized spacial score (nSPS) is 12.9. The van der Waals surface area contributed by atoms with E-state index in [1.807, 2.05) is 67.1 Å². The summed E-state index contributed by atoms with van der Waals surface area (Å²) in [5.41, 5.74) is 4.07. The SMILES string of the molecule is CCC(C)(C)n1nnnc1[C@H](c1cc2ccc(C)c(C)c2[nH]c1=O)N(Cc1ccc(Cl)cc1)Cc1ccco1. The third-order valence-corrected chi connectivity index (χ3v) is 7.91. The highest BCUT2D eigenvalue weighted by Gasteiger charge is 2.35. The first-order valence-electron chi connectivity index (χ1n) is 13.1. The van der Waals surface area contributed by atoms with Crippen molar-refractivity contribution in [3.63, 3.8) is 0 Å². The number of aromatic nitrogens is 5. The molecule has 0 fully saturated rings. The Hall–Kier alpha value is -3.75. The summed E-state index contributed by atoms with van der Waals surface area (Å²) in [5, 5.41) is 14.6. The standard InChI is InChI=1S/C30H33ClN6O2/c1-6-30(4,5)37-28(33-34-35-37)27(25-16-22-12-9-19(2)20(3)26(22)32-29(25)38)36(18-24-8-7-15-39-24)17-21-10-13-23(31)14-11-21/h7-16,27H,6,17-18H2,1-5H3,(H,32,38)/t27-/m0/s1. The van der Waals surface area contributed by atoms with Crippen LogP contribution in [0.5, 0.6) is 0 Å². The molecule has 39 heavy (non-hydrogen) atoms. The topological polar surface area (TPSA) is 92.8 Å². The predicted molar refractivity (Wildman–Crippen MR) is 153 cm³/mol. The van der Waals surface area contributed by atoms with Gasteiger partial charge in [0.15, 0.2) is 5.82 Å². The molecule has 2 aromatic carbocycles. The maximum atomic E-state index is 13.9. The average molecular weight is 545 g/mol. The van der Waals surface area contributed by atoms with Gasteiger partial charge in [-0.25, -0.2) is 4.68 Å². The number of benzene rings is 2. The monoisotopic (exact) mass is 544 g/mol. The molecule has 3 heterocycles. The molecule has 0 amide bonds. The first-order chi connectivity index (χ1) is 18.7. The van der Waals surface area contributed by atoms with Crippen molar-refractivity contribution in [3.05, 3.63) is 110 Å². The Balaban J connectivity index is 1.74. The Morgan fingerprint density at radius 3 is 2.56 bits per heavy atom. The van der Waals surface area contributed by atoms with Gasteiger partial charge >= 0.3 is 0 Å². The van der Waals surface area contributed by atoms with E-state index in [9.17, 15) is 4.79 Å². The minimum atomic E-state index is -0.568. The molecule has 9 heteroatoms. The second-order valence-corrected chi connectivity index (χ2v) is 11.1. The van der Waals surface area contributed by atoms with E-state index in [0.717, 1.165) is 39.8 Å². The van der Waals surface area contributed by atoms with Crippen LogP contribution in [0.4, 0.5) is 0 Å². The molecule has 5 aromatic rings. The van der Waals surface area contributed by atoms with Gasteiger partial charge in [-0.1, -0.05) is 42.8 Å². The lowest BCUT2D eigenvalue weighted by Crippen LogP contribution is -2.38. The largest absolute Gasteiger partial charge is 0.468 e. The van der Waals surface area contributed by atoms with E-state index in [4.69, 9.17) is 16.0 Å². The van der Waals surface area contributed by atoms with Gasteiger partial charge in [0, 0.05) is 17.1 Å². The molecular weight excluding hydrogens is 512 g/mol. The summed E-state index contributed by atoms with van der Waals surface area (Å²) in [6.07, 6.45) is 2.46. The Bertz CT molecular complexity index is 1640. The fourth-order valence-corrected chi connectivity index (χ4v) is 4.98. The first-order valence-corrected chi connectivity index (χ1v) is 13.5. The summed E-state index contributed by atoms with van der Waals surface area (Å²) in [5.74, 6) is 1.36. The van der Waals surface area contributed by atoms with Gasteiger partial charge < -0.3 is 9.40 Å². The van der Waals surface area contributed by atoms with Crippen molar-refractivity contribution >= 4 is 22.5 Å². The second kappa shape index (κ2) is 10.8. The smallest absolute Gasteiger partial charge is 0.253 e. The summed E-state index contributed by atoms with van der Waals surface area (Å²) in [7, 11) is 0. The highest BCUT2D eigenvalue weighted by atomic mass is 35.5. The Morgan fingerprint density at radius 2 is 1.87 bits per heavy atom. The number of hydrogen-bond acceptors (Lipinski definition) is 6. The lowest BCUT2D eigenvalue weighted by Gasteiger charge is -2.33. The number of H-pyrrole nitrogens is 1. The number of fused-ring (bicyclic) bond motifs is 1. The first kappa shape index (κ1) is 26.8. The van der Waals surface area contributed by atoms with Gasteiger partial charge in [-0.3, -0.25) is 9.69 Å².